The molecule has 1 saturated heterocycles. The third kappa shape index (κ3) is 3.88. The van der Waals surface area contributed by atoms with Crippen LogP contribution in [0.4, 0.5) is 5.82 Å². The number of fused-ring (bicyclic) bond motifs is 1. The van der Waals surface area contributed by atoms with Gasteiger partial charge in [0.2, 0.25) is 0 Å². The summed E-state index contributed by atoms with van der Waals surface area (Å²) in [6, 6.07) is 5.48. The molecule has 31 heavy (non-hydrogen) atoms. The van der Waals surface area contributed by atoms with E-state index in [1.165, 1.54) is 11.6 Å². The number of rotatable bonds is 5. The van der Waals surface area contributed by atoms with Gasteiger partial charge in [-0.3, -0.25) is 23.9 Å². The van der Waals surface area contributed by atoms with Gasteiger partial charge in [-0.05, 0) is 24.6 Å². The number of H-pyrrole nitrogens is 1. The van der Waals surface area contributed by atoms with E-state index < -0.39 is 0 Å². The van der Waals surface area contributed by atoms with Gasteiger partial charge in [-0.15, -0.1) is 0 Å². The van der Waals surface area contributed by atoms with Gasteiger partial charge >= 0.3 is 0 Å². The van der Waals surface area contributed by atoms with Crippen molar-refractivity contribution in [2.45, 2.75) is 19.9 Å². The summed E-state index contributed by atoms with van der Waals surface area (Å²) in [6.07, 6.45) is 4.59. The predicted molar refractivity (Wildman–Crippen MR) is 124 cm³/mol. The van der Waals surface area contributed by atoms with Crippen LogP contribution in [0.3, 0.4) is 0 Å². The highest BCUT2D eigenvalue weighted by Crippen LogP contribution is 2.18. The average Bonchev–Trinajstić information content (AvgIpc) is 3.16. The number of hydrogen-bond donors (Lipinski definition) is 2. The Balaban J connectivity index is 0.00000193. The minimum atomic E-state index is -0.374. The Morgan fingerprint density at radius 3 is 2.55 bits per heavy atom. The summed E-state index contributed by atoms with van der Waals surface area (Å²) in [5, 5.41) is 2.50. The lowest BCUT2D eigenvalue weighted by Crippen LogP contribution is -2.47. The lowest BCUT2D eigenvalue weighted by atomic mass is 10.2. The molecule has 0 bridgehead atoms. The van der Waals surface area contributed by atoms with Crippen LogP contribution in [0.5, 0.6) is 0 Å². The molecule has 3 aromatic heterocycles. The largest absolute Gasteiger partial charge is 0.355 e. The molecule has 4 rings (SSSR count). The molecule has 4 heterocycles. The predicted octanol–water partition coefficient (Wildman–Crippen LogP) is 1.06. The van der Waals surface area contributed by atoms with Crippen LogP contribution in [0.1, 0.15) is 31.3 Å². The van der Waals surface area contributed by atoms with E-state index in [9.17, 15) is 14.4 Å². The molecule has 2 N–H and O–H groups in total. The van der Waals surface area contributed by atoms with Gasteiger partial charge in [0.15, 0.2) is 0 Å². The summed E-state index contributed by atoms with van der Waals surface area (Å²) in [7, 11) is 3.21. The van der Waals surface area contributed by atoms with Crippen LogP contribution >= 0.6 is 0 Å². The summed E-state index contributed by atoms with van der Waals surface area (Å²) in [4.78, 5) is 44.1. The van der Waals surface area contributed by atoms with E-state index in [1.807, 2.05) is 29.8 Å². The van der Waals surface area contributed by atoms with Crippen molar-refractivity contribution in [3.05, 3.63) is 68.0 Å². The highest BCUT2D eigenvalue weighted by molar-refractivity contribution is 5.93. The zero-order valence-corrected chi connectivity index (χ0v) is 18.1. The van der Waals surface area contributed by atoms with Gasteiger partial charge in [-0.2, -0.15) is 0 Å². The normalized spacial score (nSPS) is 14.9. The van der Waals surface area contributed by atoms with E-state index in [4.69, 9.17) is 0 Å². The number of nitrogens with one attached hydrogen (secondary N) is 2. The van der Waals surface area contributed by atoms with E-state index in [-0.39, 0.29) is 25.4 Å². The topological polar surface area (TPSA) is 94.8 Å². The van der Waals surface area contributed by atoms with Crippen LogP contribution in [0.15, 0.2) is 40.2 Å². The van der Waals surface area contributed by atoms with Crippen molar-refractivity contribution in [1.82, 2.24) is 24.2 Å². The smallest absolute Gasteiger partial charge is 0.264 e. The van der Waals surface area contributed by atoms with Gasteiger partial charge in [0.05, 0.1) is 0 Å². The van der Waals surface area contributed by atoms with E-state index in [0.717, 1.165) is 55.3 Å². The van der Waals surface area contributed by atoms with Gasteiger partial charge in [-0.1, -0.05) is 6.92 Å². The molecule has 0 saturated carbocycles. The number of aryl methyl sites for hydroxylation is 1. The molecule has 1 aliphatic rings. The zero-order valence-electron chi connectivity index (χ0n) is 18.1. The van der Waals surface area contributed by atoms with Crippen LogP contribution in [0.25, 0.3) is 5.65 Å². The molecule has 9 nitrogen and oxygen atoms in total. The molecule has 1 aliphatic heterocycles. The first kappa shape index (κ1) is 20.9. The van der Waals surface area contributed by atoms with E-state index in [0.29, 0.717) is 6.42 Å². The van der Waals surface area contributed by atoms with Crippen molar-refractivity contribution in [3.63, 3.8) is 0 Å². The van der Waals surface area contributed by atoms with Crippen molar-refractivity contribution in [2.24, 2.45) is 7.05 Å². The third-order valence-corrected chi connectivity index (χ3v) is 6.04. The molecule has 9 heteroatoms. The fourth-order valence-electron chi connectivity index (χ4n) is 4.16. The molecular formula is C22H32N6O3. The molecule has 0 aliphatic carbocycles. The molecule has 1 fully saturated rings. The summed E-state index contributed by atoms with van der Waals surface area (Å²) >= 11 is 0. The first-order valence-electron chi connectivity index (χ1n) is 10.5. The van der Waals surface area contributed by atoms with Crippen LogP contribution < -0.4 is 21.3 Å². The van der Waals surface area contributed by atoms with Crippen LogP contribution in [0.2, 0.25) is 0 Å². The molecule has 3 aromatic rings. The average molecular weight is 429 g/mol. The maximum absolute atomic E-state index is 12.5. The fraction of sp³-hybridized carbons (Fsp3) is 0.409. The van der Waals surface area contributed by atoms with Gasteiger partial charge in [-0.25, -0.2) is 0 Å². The Hall–Kier alpha value is -3.33. The maximum Gasteiger partial charge on any atom is 0.264 e. The molecule has 1 amide bonds. The maximum atomic E-state index is 12.5. The van der Waals surface area contributed by atoms with Gasteiger partial charge in [0, 0.05) is 73.2 Å². The summed E-state index contributed by atoms with van der Waals surface area (Å²) in [6.45, 7) is 5.94. The van der Waals surface area contributed by atoms with Crippen LogP contribution in [0, 0.1) is 0 Å². The number of aromatic amines is 1. The summed E-state index contributed by atoms with van der Waals surface area (Å²) in [5.74, 6) is 0.434. The lowest BCUT2D eigenvalue weighted by molar-refractivity contribution is 0.0961. The Bertz CT molecular complexity index is 1240. The fourth-order valence-corrected chi connectivity index (χ4v) is 4.16. The first-order chi connectivity index (χ1) is 14.9. The van der Waals surface area contributed by atoms with Gasteiger partial charge in [0.25, 0.3) is 17.0 Å². The Morgan fingerprint density at radius 1 is 1.13 bits per heavy atom. The number of hydrogen-bond acceptors (Lipinski definition) is 5. The second-order valence-electron chi connectivity index (χ2n) is 7.87. The molecule has 0 atom stereocenters. The highest BCUT2D eigenvalue weighted by atomic mass is 16.2. The molecule has 0 unspecified atom stereocenters. The van der Waals surface area contributed by atoms with E-state index in [1.54, 1.807) is 13.1 Å². The van der Waals surface area contributed by atoms with E-state index in [2.05, 4.69) is 26.2 Å². The lowest BCUT2D eigenvalue weighted by Gasteiger charge is -2.36. The number of carbonyl (C=O) groups is 1. The van der Waals surface area contributed by atoms with Crippen molar-refractivity contribution >= 4 is 17.4 Å². The number of carbonyl (C=O) groups excluding carboxylic acids is 1. The minimum Gasteiger partial charge on any atom is -0.355 e. The van der Waals surface area contributed by atoms with Crippen molar-refractivity contribution in [3.8, 4) is 0 Å². The number of piperazine rings is 1. The zero-order chi connectivity index (χ0) is 22.1. The summed E-state index contributed by atoms with van der Waals surface area (Å²) in [5.41, 5.74) is 2.53. The van der Waals surface area contributed by atoms with Crippen LogP contribution in [-0.2, 0) is 20.0 Å². The van der Waals surface area contributed by atoms with Crippen LogP contribution in [-0.4, -0.2) is 58.0 Å². The monoisotopic (exact) mass is 428 g/mol. The minimum absolute atomic E-state index is 0. The molecule has 0 radical (unpaired) electrons. The number of aromatic nitrogens is 3. The Morgan fingerprint density at radius 2 is 1.87 bits per heavy atom. The van der Waals surface area contributed by atoms with Crippen molar-refractivity contribution in [2.75, 3.05) is 38.1 Å². The molecular weight excluding hydrogens is 396 g/mol. The van der Waals surface area contributed by atoms with Crippen molar-refractivity contribution in [1.29, 1.82) is 0 Å². The first-order valence-corrected chi connectivity index (χ1v) is 10.5. The number of anilines is 1. The highest BCUT2D eigenvalue weighted by Gasteiger charge is 2.21. The molecule has 168 valence electrons. The SMILES string of the molecule is CCc1cn2ccc(CN3CCN(c4ccc(C(=O)NC)c(=O)n4C)CC3)c2[nH]c1=O.[HH].[HH]. The third-order valence-electron chi connectivity index (χ3n) is 6.04. The molecule has 0 aromatic carbocycles. The standard InChI is InChI=1S/C22H28N6O3.2H2/c1-4-15-14-28-8-7-16(19(28)24-20(15)29)13-26-9-11-27(12-10-26)18-6-5-17(21(30)23-2)22(31)25(18)3;;/h5-8,14H,4,9-13H2,1-3H3,(H,23,30)(H,24,29);2*1H. The van der Waals surface area contributed by atoms with E-state index >= 15 is 0 Å². The number of amides is 1. The number of nitrogens with zero attached hydrogens (tertiary/aromatic N) is 4. The quantitative estimate of drug-likeness (QED) is 0.634. The Labute approximate surface area is 182 Å². The van der Waals surface area contributed by atoms with Gasteiger partial charge in [0.1, 0.15) is 17.0 Å². The molecule has 0 spiro atoms. The Kier molecular flexibility index (Phi) is 5.69. The number of pyridine rings is 1. The summed E-state index contributed by atoms with van der Waals surface area (Å²) < 4.78 is 3.52. The van der Waals surface area contributed by atoms with Gasteiger partial charge < -0.3 is 19.6 Å². The second-order valence-corrected chi connectivity index (χ2v) is 7.87. The second kappa shape index (κ2) is 8.43. The van der Waals surface area contributed by atoms with Crippen molar-refractivity contribution < 1.29 is 7.65 Å².